The third kappa shape index (κ3) is 24.4. The predicted octanol–water partition coefficient (Wildman–Crippen LogP) is 8.37. The van der Waals surface area contributed by atoms with E-state index >= 15 is 0 Å². The molecule has 0 rings (SSSR count). The molecule has 0 spiro atoms. The zero-order valence-electron chi connectivity index (χ0n) is 25.6. The van der Waals surface area contributed by atoms with Crippen LogP contribution in [0.5, 0.6) is 0 Å². The number of amides is 1. The van der Waals surface area contributed by atoms with Crippen LogP contribution in [0.1, 0.15) is 181 Å². The van der Waals surface area contributed by atoms with Crippen LogP contribution in [-0.4, -0.2) is 46.1 Å². The van der Waals surface area contributed by atoms with E-state index < -0.39 is 18.2 Å². The molecule has 0 fully saturated rings. The Bertz CT molecular complexity index is 488. The predicted molar refractivity (Wildman–Crippen MR) is 162 cm³/mol. The van der Waals surface area contributed by atoms with Gasteiger partial charge in [0.15, 0.2) is 0 Å². The molecule has 0 aromatic rings. The van der Waals surface area contributed by atoms with Crippen molar-refractivity contribution in [2.75, 3.05) is 6.61 Å². The Balaban J connectivity index is 3.65. The minimum absolute atomic E-state index is 0.146. The van der Waals surface area contributed by atoms with E-state index in [9.17, 15) is 20.1 Å². The average Bonchev–Trinajstić information content (AvgIpc) is 2.92. The molecule has 0 aliphatic heterocycles. The maximum absolute atomic E-state index is 12.3. The fraction of sp³-hybridized carbons (Fsp3) is 0.970. The number of unbranched alkanes of at least 4 members (excludes halogenated alkanes) is 22. The number of hydrogen-bond acceptors (Lipinski definition) is 4. The lowest BCUT2D eigenvalue weighted by Gasteiger charge is -2.26. The molecule has 0 saturated heterocycles. The molecule has 4 N–H and O–H groups in total. The maximum atomic E-state index is 12.3. The topological polar surface area (TPSA) is 89.8 Å². The Morgan fingerprint density at radius 1 is 0.553 bits per heavy atom. The van der Waals surface area contributed by atoms with Crippen LogP contribution in [0, 0.1) is 0 Å². The molecule has 0 aromatic carbocycles. The van der Waals surface area contributed by atoms with Crippen LogP contribution in [0.4, 0.5) is 0 Å². The van der Waals surface area contributed by atoms with Gasteiger partial charge in [0.2, 0.25) is 5.91 Å². The number of rotatable bonds is 30. The number of carbonyl (C=O) groups excluding carboxylic acids is 1. The van der Waals surface area contributed by atoms with Gasteiger partial charge in [-0.3, -0.25) is 4.79 Å². The Morgan fingerprint density at radius 3 is 1.26 bits per heavy atom. The summed E-state index contributed by atoms with van der Waals surface area (Å²) < 4.78 is 0. The van der Waals surface area contributed by atoms with Gasteiger partial charge in [0.1, 0.15) is 6.10 Å². The molecule has 0 bridgehead atoms. The Labute approximate surface area is 237 Å². The van der Waals surface area contributed by atoms with Gasteiger partial charge >= 0.3 is 0 Å². The number of carbonyl (C=O) groups is 1. The lowest BCUT2D eigenvalue weighted by atomic mass is 9.99. The second kappa shape index (κ2) is 29.3. The summed E-state index contributed by atoms with van der Waals surface area (Å²) in [6.45, 7) is 4.13. The SMILES string of the molecule is CCCCCCCCCCCCCCCCCCC(=O)N[C@@H](CO)[C@H](O)[C@H](O)CCCCCCCCCC. The number of hydrogen-bond donors (Lipinski definition) is 4. The monoisotopic (exact) mass is 542 g/mol. The molecule has 3 atom stereocenters. The van der Waals surface area contributed by atoms with Crippen LogP contribution in [0.3, 0.4) is 0 Å². The highest BCUT2D eigenvalue weighted by atomic mass is 16.3. The molecule has 0 aromatic heterocycles. The summed E-state index contributed by atoms with van der Waals surface area (Å²) in [7, 11) is 0. The van der Waals surface area contributed by atoms with Crippen LogP contribution in [-0.2, 0) is 4.79 Å². The minimum Gasteiger partial charge on any atom is -0.394 e. The van der Waals surface area contributed by atoms with Crippen molar-refractivity contribution in [3.63, 3.8) is 0 Å². The highest BCUT2D eigenvalue weighted by molar-refractivity contribution is 5.76. The van der Waals surface area contributed by atoms with Crippen molar-refractivity contribution in [2.45, 2.75) is 199 Å². The fourth-order valence-corrected chi connectivity index (χ4v) is 5.28. The lowest BCUT2D eigenvalue weighted by molar-refractivity contribution is -0.124. The van der Waals surface area contributed by atoms with E-state index in [2.05, 4.69) is 19.2 Å². The van der Waals surface area contributed by atoms with Gasteiger partial charge in [-0.2, -0.15) is 0 Å². The van der Waals surface area contributed by atoms with Gasteiger partial charge in [0.05, 0.1) is 18.8 Å². The van der Waals surface area contributed by atoms with Crippen molar-refractivity contribution < 1.29 is 20.1 Å². The van der Waals surface area contributed by atoms with Gasteiger partial charge in [-0.25, -0.2) is 0 Å². The van der Waals surface area contributed by atoms with E-state index in [0.717, 1.165) is 38.5 Å². The molecular formula is C33H67NO4. The van der Waals surface area contributed by atoms with Crippen molar-refractivity contribution in [3.8, 4) is 0 Å². The van der Waals surface area contributed by atoms with Gasteiger partial charge in [-0.15, -0.1) is 0 Å². The molecule has 0 unspecified atom stereocenters. The van der Waals surface area contributed by atoms with Crippen LogP contribution in [0.25, 0.3) is 0 Å². The van der Waals surface area contributed by atoms with Gasteiger partial charge in [0.25, 0.3) is 0 Å². The summed E-state index contributed by atoms with van der Waals surface area (Å²) in [5, 5.41) is 33.1. The van der Waals surface area contributed by atoms with Crippen molar-refractivity contribution in [1.29, 1.82) is 0 Å². The zero-order chi connectivity index (χ0) is 28.1. The third-order valence-corrected chi connectivity index (χ3v) is 7.96. The van der Waals surface area contributed by atoms with E-state index in [-0.39, 0.29) is 12.5 Å². The molecule has 0 aliphatic carbocycles. The molecule has 228 valence electrons. The largest absolute Gasteiger partial charge is 0.394 e. The van der Waals surface area contributed by atoms with Gasteiger partial charge < -0.3 is 20.6 Å². The molecule has 0 radical (unpaired) electrons. The first-order valence-corrected chi connectivity index (χ1v) is 16.8. The quantitative estimate of drug-likeness (QED) is 0.0688. The molecule has 0 heterocycles. The first kappa shape index (κ1) is 37.4. The maximum Gasteiger partial charge on any atom is 0.220 e. The van der Waals surface area contributed by atoms with Crippen LogP contribution >= 0.6 is 0 Å². The first-order chi connectivity index (χ1) is 18.6. The highest BCUT2D eigenvalue weighted by Gasteiger charge is 2.26. The molecule has 5 nitrogen and oxygen atoms in total. The van der Waals surface area contributed by atoms with Crippen LogP contribution in [0.2, 0.25) is 0 Å². The average molecular weight is 542 g/mol. The van der Waals surface area contributed by atoms with E-state index in [0.29, 0.717) is 12.8 Å². The molecule has 0 saturated carbocycles. The molecule has 5 heteroatoms. The van der Waals surface area contributed by atoms with Gasteiger partial charge in [0, 0.05) is 6.42 Å². The van der Waals surface area contributed by atoms with E-state index in [1.807, 2.05) is 0 Å². The van der Waals surface area contributed by atoms with E-state index in [4.69, 9.17) is 0 Å². The number of aliphatic hydroxyl groups excluding tert-OH is 3. The second-order valence-electron chi connectivity index (χ2n) is 11.7. The summed E-state index contributed by atoms with van der Waals surface area (Å²) in [5.74, 6) is -0.146. The first-order valence-electron chi connectivity index (χ1n) is 16.8. The Hall–Kier alpha value is -0.650. The van der Waals surface area contributed by atoms with Crippen molar-refractivity contribution in [2.24, 2.45) is 0 Å². The van der Waals surface area contributed by atoms with Crippen LogP contribution in [0.15, 0.2) is 0 Å². The second-order valence-corrected chi connectivity index (χ2v) is 11.7. The summed E-state index contributed by atoms with van der Waals surface area (Å²) in [6, 6.07) is -0.799. The number of nitrogens with one attached hydrogen (secondary N) is 1. The standard InChI is InChI=1S/C33H67NO4/c1-3-5-7-9-11-13-14-15-16-17-18-19-20-22-24-26-28-32(37)34-30(29-35)33(38)31(36)27-25-23-21-12-10-8-6-4-2/h30-31,33,35-36,38H,3-29H2,1-2H3,(H,34,37)/t30-,31+,33-/m0/s1. The fourth-order valence-electron chi connectivity index (χ4n) is 5.28. The molecule has 38 heavy (non-hydrogen) atoms. The molecule has 1 amide bonds. The summed E-state index contributed by atoms with van der Waals surface area (Å²) in [6.07, 6.45) is 29.1. The van der Waals surface area contributed by atoms with Crippen molar-refractivity contribution >= 4 is 5.91 Å². The van der Waals surface area contributed by atoms with E-state index in [1.54, 1.807) is 0 Å². The lowest BCUT2D eigenvalue weighted by Crippen LogP contribution is -2.50. The van der Waals surface area contributed by atoms with Crippen LogP contribution < -0.4 is 5.32 Å². The third-order valence-electron chi connectivity index (χ3n) is 7.96. The molecular weight excluding hydrogens is 474 g/mol. The normalized spacial score (nSPS) is 13.9. The van der Waals surface area contributed by atoms with E-state index in [1.165, 1.54) is 116 Å². The summed E-state index contributed by atoms with van der Waals surface area (Å²) >= 11 is 0. The van der Waals surface area contributed by atoms with Gasteiger partial charge in [-0.05, 0) is 12.8 Å². The highest BCUT2D eigenvalue weighted by Crippen LogP contribution is 2.15. The molecule has 0 aliphatic rings. The van der Waals surface area contributed by atoms with Crippen molar-refractivity contribution in [1.82, 2.24) is 5.32 Å². The summed E-state index contributed by atoms with van der Waals surface area (Å²) in [5.41, 5.74) is 0. The zero-order valence-corrected chi connectivity index (χ0v) is 25.6. The smallest absolute Gasteiger partial charge is 0.220 e. The summed E-state index contributed by atoms with van der Waals surface area (Å²) in [4.78, 5) is 12.3. The minimum atomic E-state index is -1.13. The Kier molecular flexibility index (Phi) is 28.8. The van der Waals surface area contributed by atoms with Crippen molar-refractivity contribution in [3.05, 3.63) is 0 Å². The Morgan fingerprint density at radius 2 is 0.895 bits per heavy atom. The number of aliphatic hydroxyl groups is 3. The van der Waals surface area contributed by atoms with Gasteiger partial charge in [-0.1, -0.05) is 162 Å².